The zero-order valence-electron chi connectivity index (χ0n) is 15.6. The Labute approximate surface area is 185 Å². The smallest absolute Gasteiger partial charge is 0.386 e. The minimum absolute atomic E-state index is 0. The standard InChI is InChI=1S/C14H18N5O8P.Na/c1-2-3-7(20)16-14-17-11-8(12(22)18-14)15-5-19(11)13-9(21)10-6(26-13)4-25-28(23,24)27-10;/h5-6,9-10,13,21H,2-4H2,1H3,(H,23,24)(H2,16,17,18,20,22);. The summed E-state index contributed by atoms with van der Waals surface area (Å²) in [6, 6.07) is 0. The zero-order valence-corrected chi connectivity index (χ0v) is 18.5. The minimum Gasteiger partial charge on any atom is -0.386 e. The van der Waals surface area contributed by atoms with E-state index >= 15 is 0 Å². The minimum atomic E-state index is -4.27. The molecule has 0 aromatic carbocycles. The van der Waals surface area contributed by atoms with Crippen LogP contribution in [0.4, 0.5) is 5.95 Å². The maximum Gasteiger partial charge on any atom is 0.472 e. The molecule has 1 radical (unpaired) electrons. The average Bonchev–Trinajstić information content (AvgIpc) is 3.16. The van der Waals surface area contributed by atoms with Crippen molar-refractivity contribution in [3.63, 3.8) is 0 Å². The molecule has 5 atom stereocenters. The van der Waals surface area contributed by atoms with E-state index in [9.17, 15) is 24.2 Å². The van der Waals surface area contributed by atoms with Crippen LogP contribution in [0.2, 0.25) is 0 Å². The molecule has 153 valence electrons. The van der Waals surface area contributed by atoms with Crippen LogP contribution in [0.3, 0.4) is 0 Å². The number of aliphatic hydroxyl groups excluding tert-OH is 1. The number of carbonyl (C=O) groups is 1. The average molecular weight is 438 g/mol. The number of nitrogens with one attached hydrogen (secondary N) is 2. The number of ether oxygens (including phenoxy) is 1. The molecule has 4 rings (SSSR count). The van der Waals surface area contributed by atoms with Crippen LogP contribution >= 0.6 is 7.82 Å². The van der Waals surface area contributed by atoms with Crippen molar-refractivity contribution in [2.75, 3.05) is 11.9 Å². The molecule has 0 spiro atoms. The van der Waals surface area contributed by atoms with Gasteiger partial charge < -0.3 is 14.7 Å². The fraction of sp³-hybridized carbons (Fsp3) is 0.571. The molecule has 2 saturated heterocycles. The zero-order chi connectivity index (χ0) is 20.1. The number of amides is 1. The molecule has 2 aromatic rings. The molecule has 1 amide bonds. The van der Waals surface area contributed by atoms with E-state index in [-0.39, 0.29) is 65.6 Å². The third kappa shape index (κ3) is 4.33. The van der Waals surface area contributed by atoms with Gasteiger partial charge in [-0.05, 0) is 6.42 Å². The van der Waals surface area contributed by atoms with Gasteiger partial charge in [-0.1, -0.05) is 6.92 Å². The van der Waals surface area contributed by atoms with Gasteiger partial charge in [-0.2, -0.15) is 4.98 Å². The number of hydrogen-bond acceptors (Lipinski definition) is 9. The van der Waals surface area contributed by atoms with E-state index < -0.39 is 37.9 Å². The molecule has 2 aromatic heterocycles. The van der Waals surface area contributed by atoms with Gasteiger partial charge in [-0.3, -0.25) is 33.5 Å². The van der Waals surface area contributed by atoms with Gasteiger partial charge in [0.05, 0.1) is 12.9 Å². The number of fused-ring (bicyclic) bond motifs is 2. The Balaban J connectivity index is 0.00000240. The van der Waals surface area contributed by atoms with Crippen LogP contribution in [0, 0.1) is 0 Å². The summed E-state index contributed by atoms with van der Waals surface area (Å²) in [6.45, 7) is 1.59. The maximum absolute atomic E-state index is 12.2. The summed E-state index contributed by atoms with van der Waals surface area (Å²) in [5.74, 6) is -0.384. The van der Waals surface area contributed by atoms with Gasteiger partial charge >= 0.3 is 7.82 Å². The Morgan fingerprint density at radius 2 is 2.28 bits per heavy atom. The summed E-state index contributed by atoms with van der Waals surface area (Å²) in [5, 5.41) is 13.0. The first-order chi connectivity index (χ1) is 13.3. The van der Waals surface area contributed by atoms with Crippen molar-refractivity contribution in [2.45, 2.75) is 44.3 Å². The second-order valence-corrected chi connectivity index (χ2v) is 7.83. The topological polar surface area (TPSA) is 178 Å². The van der Waals surface area contributed by atoms with Crippen molar-refractivity contribution < 1.29 is 33.1 Å². The number of aromatic nitrogens is 4. The fourth-order valence-corrected chi connectivity index (χ4v) is 4.12. The summed E-state index contributed by atoms with van der Waals surface area (Å²) < 4.78 is 28.2. The largest absolute Gasteiger partial charge is 0.472 e. The predicted molar refractivity (Wildman–Crippen MR) is 98.0 cm³/mol. The number of nitrogens with zero attached hydrogens (tertiary/aromatic N) is 3. The molecule has 2 fully saturated rings. The van der Waals surface area contributed by atoms with Crippen LogP contribution in [0.5, 0.6) is 0 Å². The molecule has 0 aliphatic carbocycles. The van der Waals surface area contributed by atoms with E-state index in [0.717, 1.165) is 0 Å². The molecular weight excluding hydrogens is 420 g/mol. The summed E-state index contributed by atoms with van der Waals surface area (Å²) in [6.07, 6.45) is -2.20. The summed E-state index contributed by atoms with van der Waals surface area (Å²) in [4.78, 5) is 44.1. The van der Waals surface area contributed by atoms with Gasteiger partial charge in [-0.15, -0.1) is 0 Å². The van der Waals surface area contributed by atoms with Crippen molar-refractivity contribution in [3.05, 3.63) is 16.7 Å². The molecule has 4 heterocycles. The van der Waals surface area contributed by atoms with Crippen LogP contribution in [-0.2, 0) is 23.1 Å². The van der Waals surface area contributed by atoms with Gasteiger partial charge in [-0.25, -0.2) is 9.55 Å². The first kappa shape index (κ1) is 22.5. The second-order valence-electron chi connectivity index (χ2n) is 6.43. The third-order valence-electron chi connectivity index (χ3n) is 4.41. The number of rotatable bonds is 4. The Morgan fingerprint density at radius 1 is 1.52 bits per heavy atom. The number of H-pyrrole nitrogens is 1. The molecule has 4 N–H and O–H groups in total. The van der Waals surface area contributed by atoms with E-state index in [1.807, 2.05) is 6.92 Å². The van der Waals surface area contributed by atoms with Crippen molar-refractivity contribution in [1.29, 1.82) is 0 Å². The van der Waals surface area contributed by atoms with Crippen LogP contribution in [0.15, 0.2) is 11.1 Å². The molecule has 15 heteroatoms. The summed E-state index contributed by atoms with van der Waals surface area (Å²) in [7, 11) is -4.27. The molecule has 5 unspecified atom stereocenters. The van der Waals surface area contributed by atoms with Gasteiger partial charge in [0.1, 0.15) is 18.3 Å². The molecule has 2 aliphatic rings. The number of carbonyl (C=O) groups excluding carboxylic acids is 1. The molecule has 13 nitrogen and oxygen atoms in total. The summed E-state index contributed by atoms with van der Waals surface area (Å²) in [5.41, 5.74) is -0.546. The molecule has 29 heavy (non-hydrogen) atoms. The van der Waals surface area contributed by atoms with Crippen LogP contribution in [0.1, 0.15) is 26.0 Å². The SMILES string of the molecule is CCCC(=O)Nc1nc2c(ncn2C2OC3COP(=O)(O)OC3C2O)c(=O)[nH]1.[Na]. The third-order valence-corrected chi connectivity index (χ3v) is 5.39. The van der Waals surface area contributed by atoms with Crippen molar-refractivity contribution >= 4 is 60.4 Å². The van der Waals surface area contributed by atoms with Crippen LogP contribution < -0.4 is 10.9 Å². The van der Waals surface area contributed by atoms with Gasteiger partial charge in [0, 0.05) is 36.0 Å². The normalized spacial score (nSPS) is 31.3. The number of anilines is 1. The molecular formula is C14H18N5NaO8P. The van der Waals surface area contributed by atoms with E-state index in [2.05, 4.69) is 20.3 Å². The maximum atomic E-state index is 12.2. The van der Waals surface area contributed by atoms with Crippen LogP contribution in [-0.4, -0.2) is 89.9 Å². The Hall–Kier alpha value is -1.15. The molecule has 0 bridgehead atoms. The van der Waals surface area contributed by atoms with Gasteiger partial charge in [0.15, 0.2) is 17.4 Å². The van der Waals surface area contributed by atoms with Gasteiger partial charge in [0.25, 0.3) is 5.56 Å². The predicted octanol–water partition coefficient (Wildman–Crippen LogP) is -0.749. The first-order valence-corrected chi connectivity index (χ1v) is 10.0. The number of phosphoric acid groups is 1. The number of hydrogen-bond donors (Lipinski definition) is 4. The quantitative estimate of drug-likeness (QED) is 0.351. The second kappa shape index (κ2) is 8.53. The fourth-order valence-electron chi connectivity index (χ4n) is 3.16. The number of aliphatic hydroxyl groups is 1. The van der Waals surface area contributed by atoms with Crippen molar-refractivity contribution in [1.82, 2.24) is 19.5 Å². The Morgan fingerprint density at radius 3 is 3.00 bits per heavy atom. The van der Waals surface area contributed by atoms with E-state index in [1.54, 1.807) is 0 Å². The van der Waals surface area contributed by atoms with E-state index in [4.69, 9.17) is 13.8 Å². The van der Waals surface area contributed by atoms with E-state index in [0.29, 0.717) is 6.42 Å². The monoisotopic (exact) mass is 438 g/mol. The summed E-state index contributed by atoms with van der Waals surface area (Å²) >= 11 is 0. The number of aromatic amines is 1. The molecule has 0 saturated carbocycles. The Kier molecular flexibility index (Phi) is 6.63. The van der Waals surface area contributed by atoms with Crippen molar-refractivity contribution in [3.8, 4) is 0 Å². The van der Waals surface area contributed by atoms with Crippen LogP contribution in [0.25, 0.3) is 11.2 Å². The van der Waals surface area contributed by atoms with Crippen molar-refractivity contribution in [2.24, 2.45) is 0 Å². The Bertz CT molecular complexity index is 1030. The number of phosphoric ester groups is 1. The van der Waals surface area contributed by atoms with Gasteiger partial charge in [0.2, 0.25) is 11.9 Å². The number of imidazole rings is 1. The first-order valence-electron chi connectivity index (χ1n) is 8.55. The van der Waals surface area contributed by atoms with E-state index in [1.165, 1.54) is 10.9 Å². The molecule has 2 aliphatic heterocycles.